The van der Waals surface area contributed by atoms with Gasteiger partial charge in [-0.2, -0.15) is 18.3 Å². The third kappa shape index (κ3) is 7.22. The minimum Gasteiger partial charge on any atom is -0.337 e. The van der Waals surface area contributed by atoms with E-state index >= 15 is 0 Å². The summed E-state index contributed by atoms with van der Waals surface area (Å²) in [5.74, 6) is -6.41. The molecule has 0 radical (unpaired) electrons. The van der Waals surface area contributed by atoms with Gasteiger partial charge in [-0.25, -0.2) is 23.4 Å². The van der Waals surface area contributed by atoms with E-state index < -0.39 is 59.8 Å². The lowest BCUT2D eigenvalue weighted by Gasteiger charge is -2.38. The molecule has 3 amide bonds. The fourth-order valence-electron chi connectivity index (χ4n) is 6.44. The van der Waals surface area contributed by atoms with Gasteiger partial charge in [0.15, 0.2) is 0 Å². The summed E-state index contributed by atoms with van der Waals surface area (Å²) in [4.78, 5) is 51.0. The maximum Gasteiger partial charge on any atom is 0.433 e. The highest BCUT2D eigenvalue weighted by molar-refractivity contribution is 6.05. The molecule has 11 nitrogen and oxygen atoms in total. The van der Waals surface area contributed by atoms with Crippen molar-refractivity contribution in [3.63, 3.8) is 0 Å². The van der Waals surface area contributed by atoms with Crippen molar-refractivity contribution in [1.29, 1.82) is 0 Å². The van der Waals surface area contributed by atoms with E-state index in [2.05, 4.69) is 27.2 Å². The molecule has 0 unspecified atom stereocenters. The summed E-state index contributed by atoms with van der Waals surface area (Å²) in [7, 11) is 0. The standard InChI is InChI=1S/C35H33F5N8O3/c1-4-47-32-26(21(3)45-48(32)24-11-6-5-7-12-24)27(28(33(47)51)44-31(50)29-41-15-13-25(43-29)35(38,39)40)22-9-8-10-23(17-22)42-30(49)20(2)18-46-16-14-34(36,37)19-46/h5-13,15,17,27-28H,2,4,14,16,18-19H2,1,3H3,(H,42,49)(H,44,50)/t27-,28+/m1/s1. The zero-order chi connectivity index (χ0) is 36.7. The Hall–Kier alpha value is -5.51. The van der Waals surface area contributed by atoms with Crippen molar-refractivity contribution in [2.24, 2.45) is 0 Å². The van der Waals surface area contributed by atoms with Crippen LogP contribution in [-0.2, 0) is 15.8 Å². The number of benzene rings is 2. The molecule has 51 heavy (non-hydrogen) atoms. The summed E-state index contributed by atoms with van der Waals surface area (Å²) >= 11 is 0. The van der Waals surface area contributed by atoms with Gasteiger partial charge in [-0.05, 0) is 49.7 Å². The number of rotatable bonds is 9. The van der Waals surface area contributed by atoms with Crippen LogP contribution in [0.1, 0.15) is 52.4 Å². The number of carbonyl (C=O) groups is 3. The predicted molar refractivity (Wildman–Crippen MR) is 177 cm³/mol. The van der Waals surface area contributed by atoms with E-state index in [-0.39, 0.29) is 37.3 Å². The maximum absolute atomic E-state index is 14.4. The molecule has 0 saturated carbocycles. The summed E-state index contributed by atoms with van der Waals surface area (Å²) in [6.45, 7) is 7.00. The fraction of sp³-hybridized carbons (Fsp3) is 0.314. The Balaban J connectivity index is 1.39. The van der Waals surface area contributed by atoms with Crippen molar-refractivity contribution < 1.29 is 36.3 Å². The van der Waals surface area contributed by atoms with Crippen LogP contribution in [0.25, 0.3) is 5.69 Å². The molecular formula is C35H33F5N8O3. The number of fused-ring (bicyclic) bond motifs is 1. The molecule has 2 aromatic carbocycles. The highest BCUT2D eigenvalue weighted by Crippen LogP contribution is 2.44. The van der Waals surface area contributed by atoms with Crippen molar-refractivity contribution in [1.82, 2.24) is 30.0 Å². The van der Waals surface area contributed by atoms with E-state index in [1.54, 1.807) is 42.8 Å². The van der Waals surface area contributed by atoms with Crippen LogP contribution >= 0.6 is 0 Å². The first kappa shape index (κ1) is 35.3. The van der Waals surface area contributed by atoms with Gasteiger partial charge in [0.2, 0.25) is 5.82 Å². The number of alkyl halides is 5. The molecule has 266 valence electrons. The maximum atomic E-state index is 14.4. The van der Waals surface area contributed by atoms with E-state index in [9.17, 15) is 36.3 Å². The number of likely N-dealkylation sites (tertiary alicyclic amines) is 1. The lowest BCUT2D eigenvalue weighted by Crippen LogP contribution is -2.55. The molecular weight excluding hydrogens is 675 g/mol. The first-order valence-electron chi connectivity index (χ1n) is 16.0. The Labute approximate surface area is 289 Å². The molecule has 2 aliphatic heterocycles. The van der Waals surface area contributed by atoms with Crippen LogP contribution in [0, 0.1) is 6.92 Å². The van der Waals surface area contributed by atoms with Crippen molar-refractivity contribution in [2.75, 3.05) is 36.4 Å². The van der Waals surface area contributed by atoms with Gasteiger partial charge in [-0.15, -0.1) is 0 Å². The van der Waals surface area contributed by atoms with Crippen LogP contribution in [0.15, 0.2) is 79.0 Å². The zero-order valence-electron chi connectivity index (χ0n) is 27.5. The van der Waals surface area contributed by atoms with Crippen molar-refractivity contribution in [3.05, 3.63) is 107 Å². The van der Waals surface area contributed by atoms with Crippen LogP contribution in [0.5, 0.6) is 0 Å². The Bertz CT molecular complexity index is 2000. The van der Waals surface area contributed by atoms with Gasteiger partial charge >= 0.3 is 6.18 Å². The number of likely N-dealkylation sites (N-methyl/N-ethyl adjacent to an activating group) is 1. The number of nitrogens with zero attached hydrogens (tertiary/aromatic N) is 6. The number of amides is 3. The number of nitrogens with one attached hydrogen (secondary N) is 2. The number of carbonyl (C=O) groups excluding carboxylic acids is 3. The molecule has 1 fully saturated rings. The van der Waals surface area contributed by atoms with Gasteiger partial charge in [0.1, 0.15) is 17.6 Å². The third-order valence-electron chi connectivity index (χ3n) is 8.75. The van der Waals surface area contributed by atoms with Crippen LogP contribution in [0.4, 0.5) is 33.5 Å². The summed E-state index contributed by atoms with van der Waals surface area (Å²) in [6.07, 6.45) is -4.34. The summed E-state index contributed by atoms with van der Waals surface area (Å²) in [5.41, 5.74) is 1.20. The Morgan fingerprint density at radius 3 is 2.49 bits per heavy atom. The molecule has 2 aliphatic rings. The van der Waals surface area contributed by atoms with Gasteiger partial charge < -0.3 is 10.6 Å². The zero-order valence-corrected chi connectivity index (χ0v) is 27.5. The van der Waals surface area contributed by atoms with Crippen LogP contribution in [0.2, 0.25) is 0 Å². The molecule has 16 heteroatoms. The first-order chi connectivity index (χ1) is 24.2. The molecule has 2 atom stereocenters. The number of aryl methyl sites for hydroxylation is 1. The lowest BCUT2D eigenvalue weighted by molar-refractivity contribution is -0.141. The van der Waals surface area contributed by atoms with Gasteiger partial charge in [-0.3, -0.25) is 24.2 Å². The third-order valence-corrected chi connectivity index (χ3v) is 8.75. The second kappa shape index (κ2) is 13.7. The van der Waals surface area contributed by atoms with Crippen LogP contribution in [-0.4, -0.2) is 80.5 Å². The molecule has 0 bridgehead atoms. The first-order valence-corrected chi connectivity index (χ1v) is 16.0. The quantitative estimate of drug-likeness (QED) is 0.183. The van der Waals surface area contributed by atoms with Gasteiger partial charge in [0, 0.05) is 55.0 Å². The van der Waals surface area contributed by atoms with E-state index in [1.807, 2.05) is 30.3 Å². The second-order valence-electron chi connectivity index (χ2n) is 12.3. The molecule has 1 saturated heterocycles. The SMILES string of the molecule is C=C(CN1CCC(F)(F)C1)C(=O)Nc1cccc([C@@H]2c3c(C)nn(-c4ccccc4)c3N(CC)C(=O)[C@H]2NC(=O)c2nccc(C(F)(F)F)n2)c1. The van der Waals surface area contributed by atoms with Crippen molar-refractivity contribution in [2.45, 2.75) is 44.3 Å². The van der Waals surface area contributed by atoms with Gasteiger partial charge in [0.05, 0.1) is 17.9 Å². The number of para-hydroxylation sites is 1. The average molecular weight is 709 g/mol. The Morgan fingerprint density at radius 1 is 1.08 bits per heavy atom. The summed E-state index contributed by atoms with van der Waals surface area (Å²) in [6, 6.07) is 14.8. The second-order valence-corrected chi connectivity index (χ2v) is 12.3. The smallest absolute Gasteiger partial charge is 0.337 e. The molecule has 4 heterocycles. The largest absolute Gasteiger partial charge is 0.433 e. The molecule has 2 aromatic heterocycles. The number of hydrogen-bond donors (Lipinski definition) is 2. The number of anilines is 2. The van der Waals surface area contributed by atoms with Crippen LogP contribution in [0.3, 0.4) is 0 Å². The monoisotopic (exact) mass is 708 g/mol. The highest BCUT2D eigenvalue weighted by atomic mass is 19.4. The normalized spacial score (nSPS) is 18.7. The van der Waals surface area contributed by atoms with Gasteiger partial charge in [-0.1, -0.05) is 36.9 Å². The Morgan fingerprint density at radius 2 is 1.82 bits per heavy atom. The van der Waals surface area contributed by atoms with Crippen molar-refractivity contribution in [3.8, 4) is 5.69 Å². The molecule has 2 N–H and O–H groups in total. The molecule has 4 aromatic rings. The average Bonchev–Trinajstić information content (AvgIpc) is 3.62. The van der Waals surface area contributed by atoms with Gasteiger partial charge in [0.25, 0.3) is 23.6 Å². The lowest BCUT2D eigenvalue weighted by atomic mass is 9.81. The minimum absolute atomic E-state index is 0.0575. The highest BCUT2D eigenvalue weighted by Gasteiger charge is 2.46. The number of hydrogen-bond acceptors (Lipinski definition) is 7. The van der Waals surface area contributed by atoms with E-state index in [0.29, 0.717) is 34.4 Å². The predicted octanol–water partition coefficient (Wildman–Crippen LogP) is 5.12. The minimum atomic E-state index is -4.84. The molecule has 6 rings (SSSR count). The molecule has 0 spiro atoms. The van der Waals surface area contributed by atoms with Crippen molar-refractivity contribution >= 4 is 29.2 Å². The number of halogens is 5. The van der Waals surface area contributed by atoms with E-state index in [4.69, 9.17) is 5.10 Å². The van der Waals surface area contributed by atoms with E-state index in [0.717, 1.165) is 6.20 Å². The summed E-state index contributed by atoms with van der Waals surface area (Å²) < 4.78 is 69.3. The number of aromatic nitrogens is 4. The fourth-order valence-corrected chi connectivity index (χ4v) is 6.44. The van der Waals surface area contributed by atoms with E-state index in [1.165, 1.54) is 9.80 Å². The summed E-state index contributed by atoms with van der Waals surface area (Å²) in [5, 5.41) is 10.1. The topological polar surface area (TPSA) is 125 Å². The van der Waals surface area contributed by atoms with Crippen LogP contribution < -0.4 is 15.5 Å². The molecule has 0 aliphatic carbocycles. The Kier molecular flexibility index (Phi) is 9.46.